The first-order chi connectivity index (χ1) is 13.4. The Morgan fingerprint density at radius 3 is 1.89 bits per heavy atom. The van der Waals surface area contributed by atoms with E-state index in [-0.39, 0.29) is 5.48 Å². The van der Waals surface area contributed by atoms with Gasteiger partial charge in [0.05, 0.1) is 0 Å². The molecule has 0 saturated heterocycles. The number of fused-ring (bicyclic) bond motifs is 2. The van der Waals surface area contributed by atoms with Crippen LogP contribution in [0.2, 0.25) is 0 Å². The molecule has 28 heavy (non-hydrogen) atoms. The van der Waals surface area contributed by atoms with Crippen LogP contribution in [0.25, 0.3) is 32.7 Å². The molecule has 0 heterocycles. The molecule has 5 aromatic carbocycles. The van der Waals surface area contributed by atoms with Gasteiger partial charge in [-0.1, -0.05) is 84.9 Å². The van der Waals surface area contributed by atoms with Crippen LogP contribution in [0.4, 0.5) is 0 Å². The minimum atomic E-state index is 0. The van der Waals surface area contributed by atoms with Crippen molar-refractivity contribution in [2.24, 2.45) is 0 Å². The molecule has 0 aliphatic rings. The van der Waals surface area contributed by atoms with E-state index in [2.05, 4.69) is 78.9 Å². The highest BCUT2D eigenvalue weighted by atomic mass is 16.5. The second kappa shape index (κ2) is 7.55. The highest BCUT2D eigenvalue weighted by Gasteiger charge is 2.09. The summed E-state index contributed by atoms with van der Waals surface area (Å²) in [6.07, 6.45) is 0. The molecule has 2 N–H and O–H groups in total. The maximum atomic E-state index is 6.43. The lowest BCUT2D eigenvalue weighted by atomic mass is 10.0. The lowest BCUT2D eigenvalue weighted by molar-refractivity contribution is 0.490. The molecule has 0 spiro atoms. The maximum Gasteiger partial charge on any atom is 0.135 e. The number of rotatable bonds is 3. The molecule has 0 fully saturated rings. The van der Waals surface area contributed by atoms with Gasteiger partial charge in [-0.05, 0) is 46.0 Å². The van der Waals surface area contributed by atoms with E-state index in [0.29, 0.717) is 0 Å². The molecular weight excluding hydrogens is 344 g/mol. The van der Waals surface area contributed by atoms with Crippen LogP contribution in [0.15, 0.2) is 109 Å². The van der Waals surface area contributed by atoms with Gasteiger partial charge < -0.3 is 10.2 Å². The molecule has 0 bridgehead atoms. The van der Waals surface area contributed by atoms with Gasteiger partial charge in [0.2, 0.25) is 0 Å². The first-order valence-corrected chi connectivity index (χ1v) is 9.12. The third-order valence-corrected chi connectivity index (χ3v) is 4.90. The summed E-state index contributed by atoms with van der Waals surface area (Å²) in [5.41, 5.74) is 2.25. The van der Waals surface area contributed by atoms with Crippen molar-refractivity contribution in [1.82, 2.24) is 0 Å². The SMILES string of the molecule is O.c1ccc(-c2ccccc2Oc2cccc3cc4ccccc4cc23)cc1. The number of hydrogen-bond donors (Lipinski definition) is 0. The predicted octanol–water partition coefficient (Wildman–Crippen LogP) is 6.63. The van der Waals surface area contributed by atoms with Gasteiger partial charge in [0.1, 0.15) is 11.5 Å². The van der Waals surface area contributed by atoms with Crippen molar-refractivity contribution in [3.05, 3.63) is 109 Å². The van der Waals surface area contributed by atoms with Crippen molar-refractivity contribution in [3.63, 3.8) is 0 Å². The third-order valence-electron chi connectivity index (χ3n) is 4.90. The molecule has 0 atom stereocenters. The molecule has 0 aliphatic heterocycles. The fraction of sp³-hybridized carbons (Fsp3) is 0. The van der Waals surface area contributed by atoms with Crippen LogP contribution in [0.3, 0.4) is 0 Å². The number of hydrogen-bond acceptors (Lipinski definition) is 1. The number of benzene rings is 5. The van der Waals surface area contributed by atoms with E-state index in [1.54, 1.807) is 0 Å². The highest BCUT2D eigenvalue weighted by molar-refractivity contribution is 6.01. The quantitative estimate of drug-likeness (QED) is 0.331. The molecular formula is C26H20O2. The number of para-hydroxylation sites is 1. The van der Waals surface area contributed by atoms with E-state index < -0.39 is 0 Å². The van der Waals surface area contributed by atoms with Crippen LogP contribution in [0.5, 0.6) is 11.5 Å². The van der Waals surface area contributed by atoms with Gasteiger partial charge in [-0.15, -0.1) is 0 Å². The highest BCUT2D eigenvalue weighted by Crippen LogP contribution is 2.37. The Kier molecular flexibility index (Phi) is 4.79. The average molecular weight is 364 g/mol. The summed E-state index contributed by atoms with van der Waals surface area (Å²) in [4.78, 5) is 0. The van der Waals surface area contributed by atoms with E-state index in [1.165, 1.54) is 16.2 Å². The Labute approximate surface area is 164 Å². The van der Waals surface area contributed by atoms with Crippen molar-refractivity contribution in [2.45, 2.75) is 0 Å². The van der Waals surface area contributed by atoms with Crippen molar-refractivity contribution < 1.29 is 10.2 Å². The van der Waals surface area contributed by atoms with E-state index in [0.717, 1.165) is 28.0 Å². The monoisotopic (exact) mass is 364 g/mol. The minimum absolute atomic E-state index is 0. The predicted molar refractivity (Wildman–Crippen MR) is 117 cm³/mol. The van der Waals surface area contributed by atoms with Gasteiger partial charge in [-0.2, -0.15) is 0 Å². The molecule has 136 valence electrons. The molecule has 0 radical (unpaired) electrons. The van der Waals surface area contributed by atoms with Crippen molar-refractivity contribution >= 4 is 21.5 Å². The zero-order valence-corrected chi connectivity index (χ0v) is 15.3. The standard InChI is InChI=1S/C26H18O.H2O/c1-2-9-19(10-3-1)23-14-6-7-15-25(23)27-26-16-8-13-22-17-20-11-4-5-12-21(20)18-24(22)26;/h1-18H;1H2. The fourth-order valence-corrected chi connectivity index (χ4v) is 3.56. The molecule has 5 rings (SSSR count). The van der Waals surface area contributed by atoms with Gasteiger partial charge >= 0.3 is 0 Å². The molecule has 0 saturated carbocycles. The first-order valence-electron chi connectivity index (χ1n) is 9.12. The lowest BCUT2D eigenvalue weighted by Gasteiger charge is -2.14. The zero-order chi connectivity index (χ0) is 18.1. The van der Waals surface area contributed by atoms with Crippen LogP contribution in [-0.4, -0.2) is 5.48 Å². The van der Waals surface area contributed by atoms with Gasteiger partial charge in [-0.25, -0.2) is 0 Å². The molecule has 0 amide bonds. The lowest BCUT2D eigenvalue weighted by Crippen LogP contribution is -1.89. The molecule has 2 nitrogen and oxygen atoms in total. The average Bonchev–Trinajstić information content (AvgIpc) is 2.74. The summed E-state index contributed by atoms with van der Waals surface area (Å²) in [6.45, 7) is 0. The minimum Gasteiger partial charge on any atom is -0.456 e. The molecule has 5 aromatic rings. The molecule has 0 aromatic heterocycles. The Balaban J connectivity index is 0.00000192. The smallest absolute Gasteiger partial charge is 0.135 e. The molecule has 2 heteroatoms. The van der Waals surface area contributed by atoms with Crippen LogP contribution in [-0.2, 0) is 0 Å². The summed E-state index contributed by atoms with van der Waals surface area (Å²) < 4.78 is 6.43. The summed E-state index contributed by atoms with van der Waals surface area (Å²) in [7, 11) is 0. The summed E-state index contributed by atoms with van der Waals surface area (Å²) in [5, 5.41) is 4.77. The van der Waals surface area contributed by atoms with E-state index >= 15 is 0 Å². The zero-order valence-electron chi connectivity index (χ0n) is 15.3. The van der Waals surface area contributed by atoms with E-state index in [4.69, 9.17) is 4.74 Å². The van der Waals surface area contributed by atoms with E-state index in [1.807, 2.05) is 30.3 Å². The Hall–Kier alpha value is -3.62. The van der Waals surface area contributed by atoms with E-state index in [9.17, 15) is 0 Å². The van der Waals surface area contributed by atoms with Crippen molar-refractivity contribution in [2.75, 3.05) is 0 Å². The Morgan fingerprint density at radius 2 is 1.07 bits per heavy atom. The van der Waals surface area contributed by atoms with Gasteiger partial charge in [-0.3, -0.25) is 0 Å². The normalized spacial score (nSPS) is 10.6. The van der Waals surface area contributed by atoms with Crippen molar-refractivity contribution in [3.8, 4) is 22.6 Å². The Morgan fingerprint density at radius 1 is 0.464 bits per heavy atom. The van der Waals surface area contributed by atoms with Crippen LogP contribution in [0.1, 0.15) is 0 Å². The first kappa shape index (κ1) is 17.8. The largest absolute Gasteiger partial charge is 0.456 e. The maximum absolute atomic E-state index is 6.43. The third kappa shape index (κ3) is 3.22. The summed E-state index contributed by atoms with van der Waals surface area (Å²) in [6, 6.07) is 37.7. The molecule has 0 aliphatic carbocycles. The summed E-state index contributed by atoms with van der Waals surface area (Å²) in [5.74, 6) is 1.74. The molecule has 0 unspecified atom stereocenters. The topological polar surface area (TPSA) is 40.7 Å². The van der Waals surface area contributed by atoms with Crippen LogP contribution >= 0.6 is 0 Å². The van der Waals surface area contributed by atoms with Gasteiger partial charge in [0, 0.05) is 10.9 Å². The van der Waals surface area contributed by atoms with Gasteiger partial charge in [0.25, 0.3) is 0 Å². The van der Waals surface area contributed by atoms with Crippen LogP contribution in [0, 0.1) is 0 Å². The van der Waals surface area contributed by atoms with Crippen molar-refractivity contribution in [1.29, 1.82) is 0 Å². The number of ether oxygens (including phenoxy) is 1. The fourth-order valence-electron chi connectivity index (χ4n) is 3.56. The van der Waals surface area contributed by atoms with Gasteiger partial charge in [0.15, 0.2) is 0 Å². The second-order valence-corrected chi connectivity index (χ2v) is 6.64. The Bertz CT molecular complexity index is 1240. The summed E-state index contributed by atoms with van der Waals surface area (Å²) >= 11 is 0. The second-order valence-electron chi connectivity index (χ2n) is 6.64. The van der Waals surface area contributed by atoms with Crippen LogP contribution < -0.4 is 4.74 Å².